The monoisotopic (exact) mass is 469 g/mol. The van der Waals surface area contributed by atoms with Gasteiger partial charge in [-0.25, -0.2) is 9.48 Å². The zero-order valence-electron chi connectivity index (χ0n) is 19.2. The number of nitrogens with zero attached hydrogens (tertiary/aromatic N) is 5. The maximum Gasteiger partial charge on any atom is 0.330 e. The third-order valence-corrected chi connectivity index (χ3v) is 5.17. The number of nitro benzene ring substituents is 1. The molecule has 0 atom stereocenters. The number of rotatable bonds is 9. The van der Waals surface area contributed by atoms with Crippen LogP contribution in [-0.2, 0) is 6.54 Å². The van der Waals surface area contributed by atoms with Crippen LogP contribution in [0.2, 0.25) is 0 Å². The number of aromatic nitrogens is 4. The lowest BCUT2D eigenvalue weighted by Crippen LogP contribution is -2.42. The summed E-state index contributed by atoms with van der Waals surface area (Å²) in [4.78, 5) is 52.4. The number of nitro groups is 1. The molecule has 12 heteroatoms. The lowest BCUT2D eigenvalue weighted by atomic mass is 10.2. The third-order valence-electron chi connectivity index (χ3n) is 5.17. The van der Waals surface area contributed by atoms with E-state index in [1.165, 1.54) is 50.8 Å². The lowest BCUT2D eigenvalue weighted by Gasteiger charge is -2.24. The molecular formula is C22H27N7O5. The lowest BCUT2D eigenvalue weighted by molar-refractivity contribution is -0.384. The molecule has 2 aromatic heterocycles. The van der Waals surface area contributed by atoms with Crippen LogP contribution in [0.5, 0.6) is 0 Å². The molecule has 0 spiro atoms. The minimum Gasteiger partial charge on any atom is -0.383 e. The summed E-state index contributed by atoms with van der Waals surface area (Å²) in [7, 11) is 0. The number of anilines is 2. The van der Waals surface area contributed by atoms with E-state index in [2.05, 4.69) is 10.1 Å². The first-order chi connectivity index (χ1) is 16.1. The molecule has 0 unspecified atom stereocenters. The van der Waals surface area contributed by atoms with E-state index in [1.807, 2.05) is 20.8 Å². The second-order valence-electron chi connectivity index (χ2n) is 8.26. The van der Waals surface area contributed by atoms with Gasteiger partial charge >= 0.3 is 5.69 Å². The molecule has 0 bridgehead atoms. The molecule has 0 saturated carbocycles. The van der Waals surface area contributed by atoms with E-state index in [0.717, 1.165) is 6.42 Å². The van der Waals surface area contributed by atoms with Crippen LogP contribution in [-0.4, -0.2) is 36.7 Å². The molecule has 0 radical (unpaired) electrons. The van der Waals surface area contributed by atoms with Crippen molar-refractivity contribution in [3.05, 3.63) is 73.2 Å². The molecule has 0 aliphatic rings. The Hall–Kier alpha value is -4.22. The Morgan fingerprint density at radius 1 is 1.26 bits per heavy atom. The molecule has 0 aliphatic carbocycles. The van der Waals surface area contributed by atoms with Crippen molar-refractivity contribution in [1.82, 2.24) is 19.3 Å². The molecule has 180 valence electrons. The Morgan fingerprint density at radius 3 is 2.53 bits per heavy atom. The summed E-state index contributed by atoms with van der Waals surface area (Å²) in [5.74, 6) is -0.498. The van der Waals surface area contributed by atoms with Crippen molar-refractivity contribution in [3.63, 3.8) is 0 Å². The summed E-state index contributed by atoms with van der Waals surface area (Å²) >= 11 is 0. The van der Waals surface area contributed by atoms with Crippen molar-refractivity contribution in [2.45, 2.75) is 40.2 Å². The number of carbonyl (C=O) groups excluding carboxylic acids is 1. The number of nitrogens with two attached hydrogens (primary N) is 1. The van der Waals surface area contributed by atoms with Crippen LogP contribution in [0, 0.1) is 16.0 Å². The van der Waals surface area contributed by atoms with E-state index >= 15 is 0 Å². The minimum atomic E-state index is -0.741. The summed E-state index contributed by atoms with van der Waals surface area (Å²) in [6.07, 6.45) is 4.17. The second-order valence-corrected chi connectivity index (χ2v) is 8.26. The smallest absolute Gasteiger partial charge is 0.330 e. The predicted octanol–water partition coefficient (Wildman–Crippen LogP) is 2.32. The highest BCUT2D eigenvalue weighted by molar-refractivity contribution is 6.07. The van der Waals surface area contributed by atoms with Crippen LogP contribution in [0.4, 0.5) is 17.2 Å². The highest BCUT2D eigenvalue weighted by Crippen LogP contribution is 2.22. The van der Waals surface area contributed by atoms with Crippen molar-refractivity contribution >= 4 is 23.1 Å². The van der Waals surface area contributed by atoms with Gasteiger partial charge in [-0.3, -0.25) is 29.3 Å². The van der Waals surface area contributed by atoms with E-state index in [0.29, 0.717) is 12.1 Å². The molecular weight excluding hydrogens is 442 g/mol. The number of amides is 1. The Bertz CT molecular complexity index is 1300. The average molecular weight is 470 g/mol. The van der Waals surface area contributed by atoms with Gasteiger partial charge in [0.25, 0.3) is 17.2 Å². The largest absolute Gasteiger partial charge is 0.383 e. The van der Waals surface area contributed by atoms with E-state index in [9.17, 15) is 24.5 Å². The van der Waals surface area contributed by atoms with Crippen LogP contribution in [0.3, 0.4) is 0 Å². The number of hydrogen-bond acceptors (Lipinski definition) is 7. The van der Waals surface area contributed by atoms with Crippen LogP contribution >= 0.6 is 0 Å². The predicted molar refractivity (Wildman–Crippen MR) is 127 cm³/mol. The molecule has 2 heterocycles. The molecule has 0 saturated heterocycles. The maximum atomic E-state index is 13.4. The van der Waals surface area contributed by atoms with Crippen molar-refractivity contribution in [1.29, 1.82) is 0 Å². The molecule has 3 aromatic rings. The van der Waals surface area contributed by atoms with Gasteiger partial charge in [0.1, 0.15) is 5.82 Å². The Kier molecular flexibility index (Phi) is 7.29. The number of benzene rings is 1. The zero-order chi connectivity index (χ0) is 25.0. The molecule has 34 heavy (non-hydrogen) atoms. The topological polar surface area (TPSA) is 162 Å². The Balaban J connectivity index is 2.02. The summed E-state index contributed by atoms with van der Waals surface area (Å²) in [5.41, 5.74) is 5.42. The fourth-order valence-corrected chi connectivity index (χ4v) is 3.47. The summed E-state index contributed by atoms with van der Waals surface area (Å²) in [6.45, 7) is 6.25. The third kappa shape index (κ3) is 5.05. The van der Waals surface area contributed by atoms with Crippen molar-refractivity contribution in [3.8, 4) is 5.69 Å². The fourth-order valence-electron chi connectivity index (χ4n) is 3.47. The van der Waals surface area contributed by atoms with Gasteiger partial charge < -0.3 is 10.6 Å². The zero-order valence-corrected chi connectivity index (χ0v) is 19.2. The highest BCUT2D eigenvalue weighted by Gasteiger charge is 2.26. The van der Waals surface area contributed by atoms with Gasteiger partial charge in [0, 0.05) is 31.4 Å². The molecule has 3 N–H and O–H groups in total. The van der Waals surface area contributed by atoms with Crippen LogP contribution in [0.15, 0.2) is 46.2 Å². The van der Waals surface area contributed by atoms with Crippen LogP contribution in [0.25, 0.3) is 5.69 Å². The number of non-ortho nitro benzene ring substituents is 1. The number of unbranched alkanes of at least 4 members (excludes halogenated alkanes) is 1. The first kappa shape index (κ1) is 24.4. The molecule has 12 nitrogen and oxygen atoms in total. The number of aromatic amines is 1. The molecule has 3 rings (SSSR count). The fraction of sp³-hybridized carbons (Fsp3) is 0.364. The highest BCUT2D eigenvalue weighted by atomic mass is 16.6. The van der Waals surface area contributed by atoms with Gasteiger partial charge in [0.05, 0.1) is 22.4 Å². The number of carbonyl (C=O) groups is 1. The average Bonchev–Trinajstić information content (AvgIpc) is 3.28. The minimum absolute atomic E-state index is 0.0656. The van der Waals surface area contributed by atoms with Gasteiger partial charge in [-0.05, 0) is 24.5 Å². The first-order valence-electron chi connectivity index (χ1n) is 10.9. The standard InChI is InChI=1S/C22H27N7O5/c1-4-5-10-26(18-19(23)27(12-14(2)3)22(32)25-20(18)30)21(31)15-11-24-28(13-15)16-6-8-17(9-7-16)29(33)34/h6-9,11,13-14H,4-5,10,12,23H2,1-3H3,(H,25,30,32). The number of nitrogens with one attached hydrogen (secondary N) is 1. The van der Waals surface area contributed by atoms with Gasteiger partial charge in [-0.2, -0.15) is 5.10 Å². The van der Waals surface area contributed by atoms with E-state index in [-0.39, 0.29) is 41.8 Å². The summed E-state index contributed by atoms with van der Waals surface area (Å²) in [5, 5.41) is 15.1. The molecule has 1 amide bonds. The molecule has 0 aliphatic heterocycles. The number of nitrogen functional groups attached to an aromatic ring is 1. The van der Waals surface area contributed by atoms with Crippen molar-refractivity contribution < 1.29 is 9.72 Å². The van der Waals surface area contributed by atoms with Gasteiger partial charge in [0.15, 0.2) is 5.69 Å². The Morgan fingerprint density at radius 2 is 1.94 bits per heavy atom. The summed E-state index contributed by atoms with van der Waals surface area (Å²) < 4.78 is 2.66. The molecule has 1 aromatic carbocycles. The quantitative estimate of drug-likeness (QED) is 0.359. The van der Waals surface area contributed by atoms with E-state index in [1.54, 1.807) is 0 Å². The van der Waals surface area contributed by atoms with Crippen LogP contribution in [0.1, 0.15) is 44.0 Å². The van der Waals surface area contributed by atoms with E-state index in [4.69, 9.17) is 5.73 Å². The van der Waals surface area contributed by atoms with E-state index < -0.39 is 22.1 Å². The van der Waals surface area contributed by atoms with Gasteiger partial charge in [0.2, 0.25) is 0 Å². The number of H-pyrrole nitrogens is 1. The summed E-state index contributed by atoms with van der Waals surface area (Å²) in [6, 6.07) is 5.70. The van der Waals surface area contributed by atoms with Crippen LogP contribution < -0.4 is 21.9 Å². The van der Waals surface area contributed by atoms with Crippen molar-refractivity contribution in [2.75, 3.05) is 17.2 Å². The maximum absolute atomic E-state index is 13.4. The van der Waals surface area contributed by atoms with Gasteiger partial charge in [-0.1, -0.05) is 27.2 Å². The van der Waals surface area contributed by atoms with Crippen molar-refractivity contribution in [2.24, 2.45) is 5.92 Å². The second kappa shape index (κ2) is 10.1. The Labute approximate surface area is 194 Å². The SMILES string of the molecule is CCCCN(C(=O)c1cnn(-c2ccc([N+](=O)[O-])cc2)c1)c1c(N)n(CC(C)C)c(=O)[nH]c1=O. The van der Waals surface area contributed by atoms with Gasteiger partial charge in [-0.15, -0.1) is 0 Å². The number of hydrogen-bond donors (Lipinski definition) is 2. The molecule has 0 fully saturated rings. The first-order valence-corrected chi connectivity index (χ1v) is 10.9. The normalized spacial score (nSPS) is 11.1.